The third kappa shape index (κ3) is 3.82. The SMILES string of the molecule is CCC[C@@]1(O)C(=O)OCc2c1cc1n(c2=O)Cc2c-1nc1cc(F)c(Cl)c3c1c2[C@@H](NC(=O)[C@](C)(O)C(F)(F)F)CC3. The predicted octanol–water partition coefficient (Wildman–Crippen LogP) is 3.68. The van der Waals surface area contributed by atoms with E-state index < -0.39 is 46.7 Å². The summed E-state index contributed by atoms with van der Waals surface area (Å²) in [5.41, 5.74) is -4.74. The van der Waals surface area contributed by atoms with Crippen LogP contribution in [0.5, 0.6) is 0 Å². The molecule has 1 amide bonds. The molecule has 6 rings (SSSR count). The minimum Gasteiger partial charge on any atom is -0.458 e. The molecule has 222 valence electrons. The van der Waals surface area contributed by atoms with Gasteiger partial charge in [-0.3, -0.25) is 9.59 Å². The lowest BCUT2D eigenvalue weighted by Crippen LogP contribution is -2.55. The largest absolute Gasteiger partial charge is 0.458 e. The first-order valence-electron chi connectivity index (χ1n) is 13.2. The number of alkyl halides is 3. The molecule has 14 heteroatoms. The number of nitrogens with zero attached hydrogens (tertiary/aromatic N) is 2. The smallest absolute Gasteiger partial charge is 0.426 e. The van der Waals surface area contributed by atoms with Gasteiger partial charge in [-0.05, 0) is 43.4 Å². The number of hydrogen-bond acceptors (Lipinski definition) is 7. The molecule has 4 heterocycles. The molecule has 3 aromatic rings. The number of aromatic nitrogens is 2. The third-order valence-electron chi connectivity index (χ3n) is 8.44. The van der Waals surface area contributed by atoms with Crippen LogP contribution in [-0.4, -0.2) is 43.4 Å². The molecule has 0 saturated heterocycles. The lowest BCUT2D eigenvalue weighted by atomic mass is 9.82. The number of nitrogens with one attached hydrogen (secondary N) is 1. The average molecular weight is 610 g/mol. The van der Waals surface area contributed by atoms with Crippen molar-refractivity contribution in [2.24, 2.45) is 0 Å². The molecule has 0 fully saturated rings. The topological polar surface area (TPSA) is 131 Å². The summed E-state index contributed by atoms with van der Waals surface area (Å²) in [6.07, 6.45) is -4.79. The Morgan fingerprint density at radius 1 is 1.26 bits per heavy atom. The number of halogens is 5. The summed E-state index contributed by atoms with van der Waals surface area (Å²) in [4.78, 5) is 43.6. The molecule has 0 radical (unpaired) electrons. The van der Waals surface area contributed by atoms with Crippen molar-refractivity contribution in [2.45, 2.75) is 76.1 Å². The molecule has 2 aromatic heterocycles. The average Bonchev–Trinajstić information content (AvgIpc) is 3.28. The van der Waals surface area contributed by atoms with Gasteiger partial charge < -0.3 is 24.8 Å². The van der Waals surface area contributed by atoms with Crippen LogP contribution in [0.25, 0.3) is 22.3 Å². The standard InChI is InChI=1S/C28H24ClF4N3O6/c1-3-6-27(41)14-7-18-22-12(9-36(18)23(37)13(14)10-42-25(27)39)20-16(35-24(38)26(2,40)28(31,32)33)5-4-11-19(20)17(34-22)8-15(30)21(11)29/h7-8,16,40-41H,3-6,9-10H2,1-2H3,(H,35,38)/t16-,26-,27-/m0/s1. The first kappa shape index (κ1) is 28.6. The molecule has 0 bridgehead atoms. The molecule has 9 nitrogen and oxygen atoms in total. The van der Waals surface area contributed by atoms with Gasteiger partial charge in [0.05, 0.1) is 40.1 Å². The van der Waals surface area contributed by atoms with Gasteiger partial charge in [-0.25, -0.2) is 14.2 Å². The van der Waals surface area contributed by atoms with E-state index in [9.17, 15) is 42.2 Å². The zero-order chi connectivity index (χ0) is 30.5. The zero-order valence-electron chi connectivity index (χ0n) is 22.3. The number of esters is 1. The number of fused-ring (bicyclic) bond motifs is 5. The van der Waals surface area contributed by atoms with E-state index in [2.05, 4.69) is 10.3 Å². The lowest BCUT2D eigenvalue weighted by molar-refractivity contribution is -0.245. The van der Waals surface area contributed by atoms with Crippen LogP contribution in [0.15, 0.2) is 16.9 Å². The van der Waals surface area contributed by atoms with Crippen LogP contribution >= 0.6 is 11.6 Å². The van der Waals surface area contributed by atoms with E-state index in [0.717, 1.165) is 6.07 Å². The van der Waals surface area contributed by atoms with Crippen molar-refractivity contribution in [2.75, 3.05) is 0 Å². The van der Waals surface area contributed by atoms with Crippen LogP contribution < -0.4 is 10.9 Å². The molecule has 3 N–H and O–H groups in total. The molecule has 42 heavy (non-hydrogen) atoms. The number of rotatable bonds is 4. The van der Waals surface area contributed by atoms with Gasteiger partial charge in [-0.15, -0.1) is 0 Å². The number of aryl methyl sites for hydroxylation is 1. The maximum absolute atomic E-state index is 14.9. The Morgan fingerprint density at radius 2 is 1.98 bits per heavy atom. The molecule has 3 aliphatic rings. The first-order chi connectivity index (χ1) is 19.6. The minimum absolute atomic E-state index is 0.0156. The molecular formula is C28H24ClF4N3O6. The Morgan fingerprint density at radius 3 is 2.64 bits per heavy atom. The van der Waals surface area contributed by atoms with Crippen LogP contribution in [0.4, 0.5) is 17.6 Å². The predicted molar refractivity (Wildman–Crippen MR) is 140 cm³/mol. The number of aliphatic hydroxyl groups is 2. The normalized spacial score (nSPS) is 22.2. The Labute approximate surface area is 240 Å². The monoisotopic (exact) mass is 609 g/mol. The molecule has 1 aromatic carbocycles. The van der Waals surface area contributed by atoms with Crippen LogP contribution in [0.2, 0.25) is 5.02 Å². The number of amides is 1. The Hall–Kier alpha value is -3.55. The number of hydrogen-bond donors (Lipinski definition) is 3. The fourth-order valence-electron chi connectivity index (χ4n) is 6.19. The van der Waals surface area contributed by atoms with Crippen LogP contribution in [0.3, 0.4) is 0 Å². The van der Waals surface area contributed by atoms with Crippen molar-refractivity contribution < 1.29 is 42.1 Å². The van der Waals surface area contributed by atoms with Crippen molar-refractivity contribution >= 4 is 34.4 Å². The van der Waals surface area contributed by atoms with Gasteiger partial charge in [0.2, 0.25) is 5.60 Å². The highest BCUT2D eigenvalue weighted by Gasteiger charge is 2.56. The van der Waals surface area contributed by atoms with E-state index in [1.807, 2.05) is 0 Å². The molecule has 0 saturated carbocycles. The summed E-state index contributed by atoms with van der Waals surface area (Å²) in [7, 11) is 0. The lowest BCUT2D eigenvalue weighted by Gasteiger charge is -2.32. The van der Waals surface area contributed by atoms with Gasteiger partial charge in [-0.1, -0.05) is 24.9 Å². The van der Waals surface area contributed by atoms with Crippen molar-refractivity contribution in [3.05, 3.63) is 61.1 Å². The summed E-state index contributed by atoms with van der Waals surface area (Å²) in [6.45, 7) is 1.60. The molecule has 3 atom stereocenters. The van der Waals surface area contributed by atoms with Gasteiger partial charge in [-0.2, -0.15) is 13.2 Å². The van der Waals surface area contributed by atoms with E-state index in [1.54, 1.807) is 6.92 Å². The van der Waals surface area contributed by atoms with E-state index >= 15 is 0 Å². The second kappa shape index (κ2) is 9.22. The molecule has 0 spiro atoms. The maximum atomic E-state index is 14.9. The quantitative estimate of drug-likeness (QED) is 0.238. The van der Waals surface area contributed by atoms with E-state index in [1.165, 1.54) is 10.6 Å². The summed E-state index contributed by atoms with van der Waals surface area (Å²) in [5.74, 6) is -3.36. The zero-order valence-corrected chi connectivity index (χ0v) is 23.0. The number of benzene rings is 1. The second-order valence-corrected chi connectivity index (χ2v) is 11.4. The number of cyclic esters (lactones) is 1. The van der Waals surface area contributed by atoms with Crippen molar-refractivity contribution in [3.63, 3.8) is 0 Å². The Bertz CT molecular complexity index is 1790. The highest BCUT2D eigenvalue weighted by molar-refractivity contribution is 6.32. The third-order valence-corrected chi connectivity index (χ3v) is 8.85. The fourth-order valence-corrected chi connectivity index (χ4v) is 6.43. The summed E-state index contributed by atoms with van der Waals surface area (Å²) < 4.78 is 61.7. The molecule has 2 aliphatic heterocycles. The first-order valence-corrected chi connectivity index (χ1v) is 13.6. The Kier molecular flexibility index (Phi) is 6.27. The van der Waals surface area contributed by atoms with Crippen molar-refractivity contribution in [1.29, 1.82) is 0 Å². The summed E-state index contributed by atoms with van der Waals surface area (Å²) >= 11 is 6.28. The van der Waals surface area contributed by atoms with E-state index in [4.69, 9.17) is 16.3 Å². The highest BCUT2D eigenvalue weighted by atomic mass is 35.5. The fraction of sp³-hybridized carbons (Fsp3) is 0.429. The molecule has 1 aliphatic carbocycles. The Balaban J connectivity index is 1.59. The van der Waals surface area contributed by atoms with Gasteiger partial charge in [0, 0.05) is 22.6 Å². The van der Waals surface area contributed by atoms with Crippen LogP contribution in [0, 0.1) is 5.82 Å². The van der Waals surface area contributed by atoms with Crippen molar-refractivity contribution in [3.8, 4) is 11.4 Å². The van der Waals surface area contributed by atoms with E-state index in [0.29, 0.717) is 35.4 Å². The number of carbonyl (C=O) groups is 2. The van der Waals surface area contributed by atoms with Gasteiger partial charge in [0.25, 0.3) is 11.5 Å². The highest BCUT2D eigenvalue weighted by Crippen LogP contribution is 2.47. The number of carbonyl (C=O) groups excluding carboxylic acids is 2. The molecule has 0 unspecified atom stereocenters. The van der Waals surface area contributed by atoms with Crippen molar-refractivity contribution in [1.82, 2.24) is 14.9 Å². The summed E-state index contributed by atoms with van der Waals surface area (Å²) in [5, 5.41) is 23.7. The van der Waals surface area contributed by atoms with E-state index in [-0.39, 0.29) is 65.5 Å². The second-order valence-electron chi connectivity index (χ2n) is 11.0. The number of ether oxygens (including phenoxy) is 1. The van der Waals surface area contributed by atoms with Crippen LogP contribution in [0.1, 0.15) is 67.0 Å². The van der Waals surface area contributed by atoms with Gasteiger partial charge in [0.1, 0.15) is 12.4 Å². The summed E-state index contributed by atoms with van der Waals surface area (Å²) in [6, 6.07) is 1.44. The maximum Gasteiger partial charge on any atom is 0.426 e. The molecular weight excluding hydrogens is 586 g/mol. The van der Waals surface area contributed by atoms with Gasteiger partial charge in [0.15, 0.2) is 5.60 Å². The van der Waals surface area contributed by atoms with Gasteiger partial charge >= 0.3 is 12.1 Å². The number of pyridine rings is 2. The minimum atomic E-state index is -5.26. The van der Waals surface area contributed by atoms with Crippen LogP contribution in [-0.2, 0) is 39.5 Å².